The van der Waals surface area contributed by atoms with E-state index in [0.717, 1.165) is 0 Å². The van der Waals surface area contributed by atoms with Gasteiger partial charge >= 0.3 is 5.97 Å². The van der Waals surface area contributed by atoms with Crippen molar-refractivity contribution in [3.8, 4) is 5.69 Å². The van der Waals surface area contributed by atoms with Crippen LogP contribution >= 0.6 is 11.3 Å². The fourth-order valence-corrected chi connectivity index (χ4v) is 2.62. The first kappa shape index (κ1) is 15.1. The second kappa shape index (κ2) is 6.44. The van der Waals surface area contributed by atoms with Crippen molar-refractivity contribution in [3.05, 3.63) is 22.7 Å². The van der Waals surface area contributed by atoms with Crippen LogP contribution in [0.4, 0.5) is 0 Å². The van der Waals surface area contributed by atoms with E-state index in [2.05, 4.69) is 20.8 Å². The number of thiophene rings is 1. The van der Waals surface area contributed by atoms with Crippen LogP contribution in [0, 0.1) is 5.92 Å². The van der Waals surface area contributed by atoms with Crippen molar-refractivity contribution < 1.29 is 14.7 Å². The van der Waals surface area contributed by atoms with Crippen LogP contribution in [0.1, 0.15) is 29.9 Å². The van der Waals surface area contributed by atoms with Gasteiger partial charge in [-0.2, -0.15) is 4.68 Å². The smallest absolute Gasteiger partial charge is 0.326 e. The van der Waals surface area contributed by atoms with Gasteiger partial charge in [0, 0.05) is 0 Å². The Morgan fingerprint density at radius 2 is 2.24 bits per heavy atom. The molecular formula is C12H15N5O3S. The maximum atomic E-state index is 12.3. The molecule has 2 aromatic rings. The predicted octanol–water partition coefficient (Wildman–Crippen LogP) is 0.953. The standard InChI is InChI=1S/C12H15N5O3S/c1-7(2)5-8(12(19)20)14-11(18)10-9(3-4-21-10)17-6-13-15-16-17/h3-4,6-8H,5H2,1-2H3,(H,14,18)(H,19,20)/t8-/m0/s1. The van der Waals surface area contributed by atoms with E-state index >= 15 is 0 Å². The highest BCUT2D eigenvalue weighted by molar-refractivity contribution is 7.12. The van der Waals surface area contributed by atoms with Crippen LogP contribution in [-0.4, -0.2) is 43.2 Å². The average Bonchev–Trinajstić information content (AvgIpc) is 3.07. The molecule has 0 saturated heterocycles. The molecule has 2 aromatic heterocycles. The number of carboxylic acid groups (broad SMARTS) is 1. The van der Waals surface area contributed by atoms with E-state index in [4.69, 9.17) is 0 Å². The maximum absolute atomic E-state index is 12.3. The molecule has 2 rings (SSSR count). The predicted molar refractivity (Wildman–Crippen MR) is 75.4 cm³/mol. The Bertz CT molecular complexity index is 623. The normalized spacial score (nSPS) is 12.3. The van der Waals surface area contributed by atoms with Crippen molar-refractivity contribution in [1.82, 2.24) is 25.5 Å². The number of hydrogen-bond acceptors (Lipinski definition) is 6. The zero-order valence-electron chi connectivity index (χ0n) is 11.6. The highest BCUT2D eigenvalue weighted by atomic mass is 32.1. The summed E-state index contributed by atoms with van der Waals surface area (Å²) in [4.78, 5) is 23.8. The van der Waals surface area contributed by atoms with E-state index in [0.29, 0.717) is 17.0 Å². The van der Waals surface area contributed by atoms with Crippen molar-refractivity contribution in [2.24, 2.45) is 5.92 Å². The first-order chi connectivity index (χ1) is 9.99. The third-order valence-corrected chi connectivity index (χ3v) is 3.66. The molecule has 2 heterocycles. The number of tetrazole rings is 1. The molecule has 0 saturated carbocycles. The van der Waals surface area contributed by atoms with Gasteiger partial charge in [0.05, 0.1) is 5.69 Å². The molecule has 0 bridgehead atoms. The molecule has 1 amide bonds. The van der Waals surface area contributed by atoms with Crippen LogP contribution in [0.25, 0.3) is 5.69 Å². The minimum Gasteiger partial charge on any atom is -0.480 e. The van der Waals surface area contributed by atoms with Gasteiger partial charge in [-0.05, 0) is 34.2 Å². The number of hydrogen-bond donors (Lipinski definition) is 2. The Morgan fingerprint density at radius 1 is 1.48 bits per heavy atom. The van der Waals surface area contributed by atoms with Crippen molar-refractivity contribution in [2.45, 2.75) is 26.3 Å². The second-order valence-electron chi connectivity index (χ2n) is 4.88. The van der Waals surface area contributed by atoms with Gasteiger partial charge in [-0.3, -0.25) is 4.79 Å². The number of carboxylic acids is 1. The lowest BCUT2D eigenvalue weighted by Crippen LogP contribution is -2.41. The van der Waals surface area contributed by atoms with Crippen molar-refractivity contribution in [3.63, 3.8) is 0 Å². The topological polar surface area (TPSA) is 110 Å². The number of aromatic nitrogens is 4. The first-order valence-corrected chi connectivity index (χ1v) is 7.21. The van der Waals surface area contributed by atoms with Gasteiger partial charge < -0.3 is 10.4 Å². The van der Waals surface area contributed by atoms with Crippen LogP contribution in [0.5, 0.6) is 0 Å². The summed E-state index contributed by atoms with van der Waals surface area (Å²) >= 11 is 1.21. The Hall–Kier alpha value is -2.29. The number of nitrogens with one attached hydrogen (secondary N) is 1. The molecule has 112 valence electrons. The van der Waals surface area contributed by atoms with Gasteiger partial charge in [-0.15, -0.1) is 16.4 Å². The SMILES string of the molecule is CC(C)C[C@H](NC(=O)c1sccc1-n1cnnn1)C(=O)O. The maximum Gasteiger partial charge on any atom is 0.326 e. The van der Waals surface area contributed by atoms with Crippen molar-refractivity contribution in [1.29, 1.82) is 0 Å². The largest absolute Gasteiger partial charge is 0.480 e. The van der Waals surface area contributed by atoms with Gasteiger partial charge in [-0.25, -0.2) is 4.79 Å². The molecule has 2 N–H and O–H groups in total. The number of aliphatic carboxylic acids is 1. The quantitative estimate of drug-likeness (QED) is 0.822. The van der Waals surface area contributed by atoms with E-state index in [9.17, 15) is 14.7 Å². The average molecular weight is 309 g/mol. The zero-order valence-corrected chi connectivity index (χ0v) is 12.4. The summed E-state index contributed by atoms with van der Waals surface area (Å²) < 4.78 is 1.36. The minimum absolute atomic E-state index is 0.161. The lowest BCUT2D eigenvalue weighted by Gasteiger charge is -2.16. The Balaban J connectivity index is 2.17. The summed E-state index contributed by atoms with van der Waals surface area (Å²) in [7, 11) is 0. The number of carbonyl (C=O) groups is 2. The summed E-state index contributed by atoms with van der Waals surface area (Å²) in [5, 5.41) is 24.2. The van der Waals surface area contributed by atoms with E-state index in [-0.39, 0.29) is 5.92 Å². The lowest BCUT2D eigenvalue weighted by molar-refractivity contribution is -0.139. The number of carbonyl (C=O) groups excluding carboxylic acids is 1. The van der Waals surface area contributed by atoms with Gasteiger partial charge in [0.1, 0.15) is 17.2 Å². The summed E-state index contributed by atoms with van der Waals surface area (Å²) in [6.45, 7) is 3.81. The fraction of sp³-hybridized carbons (Fsp3) is 0.417. The van der Waals surface area contributed by atoms with Gasteiger partial charge in [0.2, 0.25) is 0 Å². The van der Waals surface area contributed by atoms with Crippen LogP contribution in [0.15, 0.2) is 17.8 Å². The molecule has 9 heteroatoms. The van der Waals surface area contributed by atoms with Crippen LogP contribution in [0.2, 0.25) is 0 Å². The van der Waals surface area contributed by atoms with Crippen molar-refractivity contribution >= 4 is 23.2 Å². The van der Waals surface area contributed by atoms with Crippen molar-refractivity contribution in [2.75, 3.05) is 0 Å². The number of amides is 1. The molecule has 0 aliphatic rings. The molecular weight excluding hydrogens is 294 g/mol. The molecule has 21 heavy (non-hydrogen) atoms. The highest BCUT2D eigenvalue weighted by Crippen LogP contribution is 2.20. The van der Waals surface area contributed by atoms with Gasteiger partial charge in [-0.1, -0.05) is 13.8 Å². The Labute approximate surface area is 124 Å². The lowest BCUT2D eigenvalue weighted by atomic mass is 10.0. The summed E-state index contributed by atoms with van der Waals surface area (Å²) in [6.07, 6.45) is 1.74. The van der Waals surface area contributed by atoms with E-state index < -0.39 is 17.9 Å². The monoisotopic (exact) mass is 309 g/mol. The molecule has 0 fully saturated rings. The number of rotatable bonds is 6. The molecule has 0 aliphatic heterocycles. The minimum atomic E-state index is -1.04. The van der Waals surface area contributed by atoms with E-state index in [1.54, 1.807) is 11.4 Å². The van der Waals surface area contributed by atoms with E-state index in [1.165, 1.54) is 22.3 Å². The third kappa shape index (κ3) is 3.63. The molecule has 0 radical (unpaired) electrons. The second-order valence-corrected chi connectivity index (χ2v) is 5.80. The van der Waals surface area contributed by atoms with E-state index in [1.807, 2.05) is 13.8 Å². The molecule has 0 aliphatic carbocycles. The summed E-state index contributed by atoms with van der Waals surface area (Å²) in [5.74, 6) is -1.32. The highest BCUT2D eigenvalue weighted by Gasteiger charge is 2.24. The first-order valence-electron chi connectivity index (χ1n) is 6.33. The summed E-state index contributed by atoms with van der Waals surface area (Å²) in [5.41, 5.74) is 0.524. The molecule has 0 aromatic carbocycles. The Kier molecular flexibility index (Phi) is 4.63. The molecule has 8 nitrogen and oxygen atoms in total. The Morgan fingerprint density at radius 3 is 2.81 bits per heavy atom. The fourth-order valence-electron chi connectivity index (χ4n) is 1.84. The zero-order chi connectivity index (χ0) is 15.4. The van der Waals surface area contributed by atoms with Gasteiger partial charge in [0.25, 0.3) is 5.91 Å². The summed E-state index contributed by atoms with van der Waals surface area (Å²) in [6, 6.07) is 0.787. The molecule has 0 spiro atoms. The third-order valence-electron chi connectivity index (χ3n) is 2.76. The van der Waals surface area contributed by atoms with Gasteiger partial charge in [0.15, 0.2) is 0 Å². The van der Waals surface area contributed by atoms with Crippen LogP contribution < -0.4 is 5.32 Å². The van der Waals surface area contributed by atoms with Crippen LogP contribution in [0.3, 0.4) is 0 Å². The molecule has 1 atom stereocenters. The number of nitrogens with zero attached hydrogens (tertiary/aromatic N) is 4. The van der Waals surface area contributed by atoms with Crippen LogP contribution in [-0.2, 0) is 4.79 Å². The molecule has 0 unspecified atom stereocenters.